The summed E-state index contributed by atoms with van der Waals surface area (Å²) in [4.78, 5) is 39.9. The number of likely N-dealkylation sites (tertiary alicyclic amines) is 2. The number of amides is 2. The molecule has 0 saturated carbocycles. The van der Waals surface area contributed by atoms with E-state index in [-0.39, 0.29) is 24.3 Å². The van der Waals surface area contributed by atoms with Gasteiger partial charge in [-0.3, -0.25) is 9.80 Å². The molecule has 2 amide bonds. The number of thiazole rings is 2. The molecule has 2 fully saturated rings. The van der Waals surface area contributed by atoms with E-state index in [9.17, 15) is 9.59 Å². The molecule has 8 nitrogen and oxygen atoms in total. The van der Waals surface area contributed by atoms with Crippen molar-refractivity contribution in [1.29, 1.82) is 0 Å². The first-order valence-electron chi connectivity index (χ1n) is 16.0. The monoisotopic (exact) mass is 658 g/mol. The Balaban J connectivity index is 1.11. The van der Waals surface area contributed by atoms with Gasteiger partial charge < -0.3 is 9.47 Å². The Bertz CT molecular complexity index is 1560. The lowest BCUT2D eigenvalue weighted by atomic mass is 10.0. The summed E-state index contributed by atoms with van der Waals surface area (Å²) in [5.74, 6) is 0. The van der Waals surface area contributed by atoms with Gasteiger partial charge in [-0.25, -0.2) is 19.6 Å². The Morgan fingerprint density at radius 1 is 0.717 bits per heavy atom. The summed E-state index contributed by atoms with van der Waals surface area (Å²) in [6, 6.07) is 16.9. The molecule has 0 spiro atoms. The first-order valence-corrected chi connectivity index (χ1v) is 17.7. The van der Waals surface area contributed by atoms with Crippen LogP contribution in [-0.4, -0.2) is 56.2 Å². The number of ether oxygens (including phenoxy) is 2. The Morgan fingerprint density at radius 2 is 1.20 bits per heavy atom. The predicted octanol–water partition coefficient (Wildman–Crippen LogP) is 9.74. The van der Waals surface area contributed by atoms with Gasteiger partial charge >= 0.3 is 12.2 Å². The first kappa shape index (κ1) is 32.2. The summed E-state index contributed by atoms with van der Waals surface area (Å²) < 4.78 is 11.3. The molecule has 2 unspecified atom stereocenters. The van der Waals surface area contributed by atoms with E-state index in [2.05, 4.69) is 53.9 Å². The third-order valence-electron chi connectivity index (χ3n) is 8.06. The highest BCUT2D eigenvalue weighted by Crippen LogP contribution is 2.39. The summed E-state index contributed by atoms with van der Waals surface area (Å²) >= 11 is 3.25. The van der Waals surface area contributed by atoms with E-state index >= 15 is 0 Å². The highest BCUT2D eigenvalue weighted by atomic mass is 32.1. The number of rotatable bonds is 5. The van der Waals surface area contributed by atoms with Crippen LogP contribution in [0.4, 0.5) is 9.59 Å². The standard InChI is InChI=1S/C36H42N4O4S2/c1-35(2,3)43-33(41)39-19-7-9-28(39)31-37-21-30(46-31)26-17-13-24(14-18-26)23-11-15-25(16-12-23)27-22-45-32(38-27)29-10-8-20-40(29)34(42)44-36(4,5)6/h11-18,21-22,28-29H,7-10,19-20H2,1-6H3. The maximum atomic E-state index is 12.8. The fraction of sp³-hybridized carbons (Fsp3) is 0.444. The van der Waals surface area contributed by atoms with Crippen LogP contribution in [0.5, 0.6) is 0 Å². The van der Waals surface area contributed by atoms with E-state index in [1.54, 1.807) is 22.7 Å². The van der Waals surface area contributed by atoms with Crippen molar-refractivity contribution in [3.63, 3.8) is 0 Å². The van der Waals surface area contributed by atoms with E-state index in [1.807, 2.05) is 57.5 Å². The lowest BCUT2D eigenvalue weighted by Gasteiger charge is -2.27. The zero-order chi connectivity index (χ0) is 32.6. The molecule has 2 aliphatic heterocycles. The third kappa shape index (κ3) is 7.28. The van der Waals surface area contributed by atoms with Crippen LogP contribution in [0.1, 0.15) is 89.3 Å². The maximum absolute atomic E-state index is 12.8. The van der Waals surface area contributed by atoms with Crippen LogP contribution >= 0.6 is 22.7 Å². The zero-order valence-electron chi connectivity index (χ0n) is 27.4. The quantitative estimate of drug-likeness (QED) is 0.212. The molecule has 4 heterocycles. The highest BCUT2D eigenvalue weighted by Gasteiger charge is 2.36. The Labute approximate surface area is 279 Å². The molecule has 0 N–H and O–H groups in total. The molecule has 6 rings (SSSR count). The van der Waals surface area contributed by atoms with Crippen LogP contribution in [0.15, 0.2) is 60.1 Å². The number of nitrogens with zero attached hydrogens (tertiary/aromatic N) is 4. The average Bonchev–Trinajstić information content (AvgIpc) is 3.82. The molecule has 46 heavy (non-hydrogen) atoms. The van der Waals surface area contributed by atoms with Gasteiger partial charge in [0.15, 0.2) is 0 Å². The number of benzene rings is 2. The van der Waals surface area contributed by atoms with Crippen molar-refractivity contribution < 1.29 is 19.1 Å². The largest absolute Gasteiger partial charge is 0.444 e. The summed E-state index contributed by atoms with van der Waals surface area (Å²) in [5, 5.41) is 3.98. The van der Waals surface area contributed by atoms with Crippen molar-refractivity contribution in [2.45, 2.75) is 90.5 Å². The van der Waals surface area contributed by atoms with Gasteiger partial charge in [0, 0.05) is 30.2 Å². The fourth-order valence-corrected chi connectivity index (χ4v) is 7.98. The van der Waals surface area contributed by atoms with Crippen molar-refractivity contribution >= 4 is 34.9 Å². The molecule has 2 aromatic heterocycles. The topological polar surface area (TPSA) is 84.9 Å². The first-order chi connectivity index (χ1) is 21.8. The summed E-state index contributed by atoms with van der Waals surface area (Å²) in [7, 11) is 0. The number of hydrogen-bond donors (Lipinski definition) is 0. The summed E-state index contributed by atoms with van der Waals surface area (Å²) in [5.41, 5.74) is 4.29. The Hall–Kier alpha value is -3.76. The van der Waals surface area contributed by atoms with Gasteiger partial charge in [-0.15, -0.1) is 22.7 Å². The highest BCUT2D eigenvalue weighted by molar-refractivity contribution is 7.15. The zero-order valence-corrected chi connectivity index (χ0v) is 29.0. The fourth-order valence-electron chi connectivity index (χ4n) is 5.93. The lowest BCUT2D eigenvalue weighted by Crippen LogP contribution is -2.36. The lowest BCUT2D eigenvalue weighted by molar-refractivity contribution is 0.0213. The number of aromatic nitrogens is 2. The SMILES string of the molecule is CC(C)(C)OC(=O)N1CCCC1c1nc(-c2ccc(-c3ccc(-c4cnc(C5CCCN5C(=O)OC(C)(C)C)s4)cc3)cc2)cs1. The van der Waals surface area contributed by atoms with Gasteiger partial charge in [-0.2, -0.15) is 0 Å². The van der Waals surface area contributed by atoms with Gasteiger partial charge in [0.1, 0.15) is 21.2 Å². The van der Waals surface area contributed by atoms with Gasteiger partial charge in [-0.1, -0.05) is 48.5 Å². The normalized spacial score (nSPS) is 18.7. The minimum absolute atomic E-state index is 0.0388. The molecule has 242 valence electrons. The van der Waals surface area contributed by atoms with Crippen molar-refractivity contribution in [2.24, 2.45) is 0 Å². The molecule has 0 bridgehead atoms. The molecule has 2 aliphatic rings. The predicted molar refractivity (Wildman–Crippen MR) is 184 cm³/mol. The number of carbonyl (C=O) groups is 2. The van der Waals surface area contributed by atoms with Crippen molar-refractivity contribution in [3.8, 4) is 32.8 Å². The average molecular weight is 659 g/mol. The van der Waals surface area contributed by atoms with E-state index < -0.39 is 11.2 Å². The van der Waals surface area contributed by atoms with Crippen molar-refractivity contribution in [2.75, 3.05) is 13.1 Å². The molecule has 4 aromatic rings. The van der Waals surface area contributed by atoms with E-state index in [0.717, 1.165) is 68.5 Å². The van der Waals surface area contributed by atoms with Crippen LogP contribution in [0.2, 0.25) is 0 Å². The van der Waals surface area contributed by atoms with E-state index in [4.69, 9.17) is 19.4 Å². The Morgan fingerprint density at radius 3 is 1.72 bits per heavy atom. The maximum Gasteiger partial charge on any atom is 0.410 e. The number of carbonyl (C=O) groups excluding carboxylic acids is 2. The van der Waals surface area contributed by atoms with E-state index in [1.165, 1.54) is 0 Å². The molecule has 2 aromatic carbocycles. The smallest absolute Gasteiger partial charge is 0.410 e. The molecule has 0 radical (unpaired) electrons. The third-order valence-corrected chi connectivity index (χ3v) is 10.2. The molecule has 10 heteroatoms. The van der Waals surface area contributed by atoms with Crippen LogP contribution in [0.25, 0.3) is 32.8 Å². The number of hydrogen-bond acceptors (Lipinski definition) is 8. The molecule has 2 saturated heterocycles. The summed E-state index contributed by atoms with van der Waals surface area (Å²) in [6.45, 7) is 12.8. The molecule has 0 aliphatic carbocycles. The van der Waals surface area contributed by atoms with Gasteiger partial charge in [0.05, 0.1) is 22.7 Å². The molecular weight excluding hydrogens is 617 g/mol. The van der Waals surface area contributed by atoms with Crippen LogP contribution in [-0.2, 0) is 9.47 Å². The minimum Gasteiger partial charge on any atom is -0.444 e. The Kier molecular flexibility index (Phi) is 8.95. The minimum atomic E-state index is -0.521. The second-order valence-corrected chi connectivity index (χ2v) is 15.9. The van der Waals surface area contributed by atoms with Crippen molar-refractivity contribution in [1.82, 2.24) is 19.8 Å². The van der Waals surface area contributed by atoms with Gasteiger partial charge in [0.25, 0.3) is 0 Å². The molecule has 2 atom stereocenters. The van der Waals surface area contributed by atoms with Gasteiger partial charge in [0.2, 0.25) is 0 Å². The van der Waals surface area contributed by atoms with Crippen LogP contribution in [0, 0.1) is 0 Å². The second kappa shape index (κ2) is 12.8. The van der Waals surface area contributed by atoms with Crippen LogP contribution in [0.3, 0.4) is 0 Å². The van der Waals surface area contributed by atoms with Crippen molar-refractivity contribution in [3.05, 3.63) is 70.1 Å². The summed E-state index contributed by atoms with van der Waals surface area (Å²) in [6.07, 6.45) is 5.07. The molecular formula is C36H42N4O4S2. The van der Waals surface area contributed by atoms with Crippen LogP contribution < -0.4 is 0 Å². The second-order valence-electron chi connectivity index (χ2n) is 14.0. The van der Waals surface area contributed by atoms with Gasteiger partial charge in [-0.05, 0) is 83.9 Å². The van der Waals surface area contributed by atoms with E-state index in [0.29, 0.717) is 13.1 Å².